The number of ether oxygens (including phenoxy) is 1. The summed E-state index contributed by atoms with van der Waals surface area (Å²) in [5, 5.41) is 3.36. The number of carbonyl (C=O) groups excluding carboxylic acids is 1. The van der Waals surface area contributed by atoms with Crippen LogP contribution in [0.15, 0.2) is 22.7 Å². The van der Waals surface area contributed by atoms with Crippen LogP contribution in [0.1, 0.15) is 28.2 Å². The van der Waals surface area contributed by atoms with E-state index in [4.69, 9.17) is 10.5 Å². The Morgan fingerprint density at radius 3 is 2.74 bits per heavy atom. The number of hydrogen-bond acceptors (Lipinski definition) is 6. The van der Waals surface area contributed by atoms with Gasteiger partial charge < -0.3 is 19.9 Å². The quantitative estimate of drug-likeness (QED) is 0.825. The first-order valence-corrected chi connectivity index (χ1v) is 8.03. The van der Waals surface area contributed by atoms with Crippen molar-refractivity contribution in [3.63, 3.8) is 0 Å². The maximum atomic E-state index is 12.8. The number of alkyl halides is 3. The van der Waals surface area contributed by atoms with Crippen molar-refractivity contribution in [3.05, 3.63) is 35.2 Å². The molecule has 4 rings (SSSR count). The summed E-state index contributed by atoms with van der Waals surface area (Å²) in [5.41, 5.74) is 7.55. The number of hydrogen-bond donors (Lipinski definition) is 1. The van der Waals surface area contributed by atoms with Gasteiger partial charge in [-0.25, -0.2) is 0 Å². The van der Waals surface area contributed by atoms with Gasteiger partial charge in [-0.2, -0.15) is 18.2 Å². The molecular formula is C16H16ClF3N4O3. The maximum Gasteiger partial charge on any atom is 0.471 e. The minimum atomic E-state index is -4.71. The SMILES string of the molecule is Cl.N[C@@H]1COCC[C@H]1N1Cc2ccc(-c3noc(C(F)(F)F)n3)cc2C1=O. The first-order chi connectivity index (χ1) is 12.3. The standard InChI is InChI=1S/C16H15F3N4O3.ClH/c17-16(18,19)15-21-13(22-26-15)8-1-2-9-6-23(14(24)10(9)5-8)12-3-4-25-7-11(12)20;/h1-2,5,11-12H,3-4,6-7,20H2;1H/t11-,12-;/m1./s1. The molecule has 3 heterocycles. The highest BCUT2D eigenvalue weighted by Gasteiger charge is 2.39. The highest BCUT2D eigenvalue weighted by Crippen LogP contribution is 2.32. The molecule has 7 nitrogen and oxygen atoms in total. The first kappa shape index (κ1) is 19.6. The summed E-state index contributed by atoms with van der Waals surface area (Å²) in [6, 6.07) is 4.36. The molecule has 1 saturated heterocycles. The number of amides is 1. The third kappa shape index (κ3) is 3.52. The fourth-order valence-corrected chi connectivity index (χ4v) is 3.32. The van der Waals surface area contributed by atoms with Gasteiger partial charge in [-0.05, 0) is 18.1 Å². The number of nitrogens with zero attached hydrogens (tertiary/aromatic N) is 3. The van der Waals surface area contributed by atoms with Gasteiger partial charge in [0.2, 0.25) is 5.82 Å². The van der Waals surface area contributed by atoms with Crippen LogP contribution < -0.4 is 5.73 Å². The van der Waals surface area contributed by atoms with Crippen LogP contribution in [-0.2, 0) is 17.5 Å². The average molecular weight is 405 g/mol. The molecule has 1 fully saturated rings. The lowest BCUT2D eigenvalue weighted by Crippen LogP contribution is -2.53. The van der Waals surface area contributed by atoms with Gasteiger partial charge in [-0.1, -0.05) is 17.3 Å². The van der Waals surface area contributed by atoms with Crippen LogP contribution in [0.2, 0.25) is 0 Å². The number of rotatable bonds is 2. The molecule has 146 valence electrons. The molecule has 0 bridgehead atoms. The Morgan fingerprint density at radius 1 is 1.30 bits per heavy atom. The summed E-state index contributed by atoms with van der Waals surface area (Å²) >= 11 is 0. The Hall–Kier alpha value is -2.17. The second-order valence-electron chi connectivity index (χ2n) is 6.32. The van der Waals surface area contributed by atoms with Gasteiger partial charge in [0.1, 0.15) is 0 Å². The Bertz CT molecular complexity index is 858. The van der Waals surface area contributed by atoms with E-state index in [2.05, 4.69) is 14.7 Å². The number of aromatic nitrogens is 2. The number of carbonyl (C=O) groups is 1. The van der Waals surface area contributed by atoms with Crippen molar-refractivity contribution in [2.75, 3.05) is 13.2 Å². The van der Waals surface area contributed by atoms with Crippen molar-refractivity contribution in [2.45, 2.75) is 31.2 Å². The molecule has 27 heavy (non-hydrogen) atoms. The summed E-state index contributed by atoms with van der Waals surface area (Å²) < 4.78 is 47.4. The normalized spacial score (nSPS) is 22.5. The smallest absolute Gasteiger partial charge is 0.380 e. The van der Waals surface area contributed by atoms with E-state index < -0.39 is 12.1 Å². The van der Waals surface area contributed by atoms with Gasteiger partial charge in [-0.15, -0.1) is 12.4 Å². The summed E-state index contributed by atoms with van der Waals surface area (Å²) in [6.45, 7) is 1.33. The zero-order valence-corrected chi connectivity index (χ0v) is 14.7. The van der Waals surface area contributed by atoms with E-state index in [0.29, 0.717) is 31.7 Å². The molecule has 0 unspecified atom stereocenters. The van der Waals surface area contributed by atoms with Crippen LogP contribution in [0.3, 0.4) is 0 Å². The zero-order chi connectivity index (χ0) is 18.5. The van der Waals surface area contributed by atoms with Crippen molar-refractivity contribution >= 4 is 18.3 Å². The van der Waals surface area contributed by atoms with Gasteiger partial charge in [0.15, 0.2) is 0 Å². The minimum absolute atomic E-state index is 0. The van der Waals surface area contributed by atoms with E-state index >= 15 is 0 Å². The van der Waals surface area contributed by atoms with Crippen molar-refractivity contribution in [1.82, 2.24) is 15.0 Å². The predicted molar refractivity (Wildman–Crippen MR) is 89.1 cm³/mol. The van der Waals surface area contributed by atoms with Gasteiger partial charge in [0, 0.05) is 30.3 Å². The van der Waals surface area contributed by atoms with E-state index in [1.807, 2.05) is 0 Å². The lowest BCUT2D eigenvalue weighted by atomic mass is 10.0. The molecule has 2 atom stereocenters. The van der Waals surface area contributed by atoms with Crippen molar-refractivity contribution in [3.8, 4) is 11.4 Å². The molecule has 0 radical (unpaired) electrons. The number of fused-ring (bicyclic) bond motifs is 1. The Morgan fingerprint density at radius 2 is 2.07 bits per heavy atom. The van der Waals surface area contributed by atoms with E-state index in [1.165, 1.54) is 6.07 Å². The molecular weight excluding hydrogens is 389 g/mol. The molecule has 2 N–H and O–H groups in total. The van der Waals surface area contributed by atoms with Gasteiger partial charge >= 0.3 is 12.1 Å². The van der Waals surface area contributed by atoms with Crippen molar-refractivity contribution in [2.24, 2.45) is 5.73 Å². The monoisotopic (exact) mass is 404 g/mol. The summed E-state index contributed by atoms with van der Waals surface area (Å²) in [7, 11) is 0. The van der Waals surface area contributed by atoms with Crippen LogP contribution in [0.4, 0.5) is 13.2 Å². The minimum Gasteiger partial charge on any atom is -0.380 e. The molecule has 0 aliphatic carbocycles. The van der Waals surface area contributed by atoms with Crippen LogP contribution in [0.5, 0.6) is 0 Å². The van der Waals surface area contributed by atoms with Crippen LogP contribution >= 0.6 is 12.4 Å². The summed E-state index contributed by atoms with van der Waals surface area (Å²) in [4.78, 5) is 17.8. The third-order valence-corrected chi connectivity index (χ3v) is 4.63. The van der Waals surface area contributed by atoms with Crippen molar-refractivity contribution < 1.29 is 27.2 Å². The van der Waals surface area contributed by atoms with Crippen LogP contribution in [-0.4, -0.2) is 46.2 Å². The second-order valence-corrected chi connectivity index (χ2v) is 6.32. The van der Waals surface area contributed by atoms with E-state index in [1.54, 1.807) is 17.0 Å². The molecule has 1 amide bonds. The van der Waals surface area contributed by atoms with Gasteiger partial charge in [-0.3, -0.25) is 4.79 Å². The lowest BCUT2D eigenvalue weighted by molar-refractivity contribution is -0.159. The highest BCUT2D eigenvalue weighted by molar-refractivity contribution is 5.99. The zero-order valence-electron chi connectivity index (χ0n) is 13.9. The Balaban J connectivity index is 0.00000210. The average Bonchev–Trinajstić information content (AvgIpc) is 3.21. The fraction of sp³-hybridized carbons (Fsp3) is 0.438. The molecule has 0 saturated carbocycles. The Labute approximate surface area is 158 Å². The molecule has 11 heteroatoms. The summed E-state index contributed by atoms with van der Waals surface area (Å²) in [6.07, 6.45) is -4.07. The largest absolute Gasteiger partial charge is 0.471 e. The molecule has 1 aromatic carbocycles. The Kier molecular flexibility index (Phi) is 5.15. The lowest BCUT2D eigenvalue weighted by Gasteiger charge is -2.35. The van der Waals surface area contributed by atoms with E-state index in [0.717, 1.165) is 5.56 Å². The topological polar surface area (TPSA) is 94.5 Å². The third-order valence-electron chi connectivity index (χ3n) is 4.63. The van der Waals surface area contributed by atoms with Crippen LogP contribution in [0.25, 0.3) is 11.4 Å². The molecule has 2 aliphatic rings. The molecule has 0 spiro atoms. The van der Waals surface area contributed by atoms with E-state index in [9.17, 15) is 18.0 Å². The number of halogens is 4. The summed E-state index contributed by atoms with van der Waals surface area (Å²) in [5.74, 6) is -1.84. The fourth-order valence-electron chi connectivity index (χ4n) is 3.32. The number of nitrogens with two attached hydrogens (primary N) is 1. The maximum absolute atomic E-state index is 12.8. The van der Waals surface area contributed by atoms with Gasteiger partial charge in [0.25, 0.3) is 5.91 Å². The predicted octanol–water partition coefficient (Wildman–Crippen LogP) is 2.25. The first-order valence-electron chi connectivity index (χ1n) is 8.03. The highest BCUT2D eigenvalue weighted by atomic mass is 35.5. The molecule has 2 aliphatic heterocycles. The second kappa shape index (κ2) is 7.10. The van der Waals surface area contributed by atoms with Gasteiger partial charge in [0.05, 0.1) is 12.6 Å². The molecule has 2 aromatic rings. The van der Waals surface area contributed by atoms with E-state index in [-0.39, 0.29) is 41.8 Å². The molecule has 1 aromatic heterocycles. The van der Waals surface area contributed by atoms with Crippen LogP contribution in [0, 0.1) is 0 Å². The van der Waals surface area contributed by atoms with Crippen molar-refractivity contribution in [1.29, 1.82) is 0 Å². The number of benzene rings is 1.